The van der Waals surface area contributed by atoms with E-state index in [4.69, 9.17) is 14.5 Å². The van der Waals surface area contributed by atoms with Crippen molar-refractivity contribution in [2.75, 3.05) is 37.8 Å². The van der Waals surface area contributed by atoms with Crippen molar-refractivity contribution in [3.8, 4) is 0 Å². The molecule has 3 aromatic rings. The SMILES string of the molecule is CCOC(=O)c1ncn2c1nc(N1CCOCC1)c1ccccc12. The Morgan fingerprint density at radius 3 is 2.88 bits per heavy atom. The molecule has 7 heteroatoms. The van der Waals surface area contributed by atoms with E-state index in [1.807, 2.05) is 28.7 Å². The molecule has 3 heterocycles. The number of carbonyl (C=O) groups excluding carboxylic acids is 1. The van der Waals surface area contributed by atoms with E-state index in [-0.39, 0.29) is 5.69 Å². The summed E-state index contributed by atoms with van der Waals surface area (Å²) < 4.78 is 12.4. The zero-order valence-corrected chi connectivity index (χ0v) is 13.4. The lowest BCUT2D eigenvalue weighted by atomic mass is 10.2. The largest absolute Gasteiger partial charge is 0.461 e. The lowest BCUT2D eigenvalue weighted by Gasteiger charge is -2.29. The molecule has 0 radical (unpaired) electrons. The summed E-state index contributed by atoms with van der Waals surface area (Å²) in [6, 6.07) is 8.00. The summed E-state index contributed by atoms with van der Waals surface area (Å²) in [7, 11) is 0. The van der Waals surface area contributed by atoms with Crippen LogP contribution in [-0.2, 0) is 9.47 Å². The van der Waals surface area contributed by atoms with Crippen LogP contribution in [0.3, 0.4) is 0 Å². The molecule has 1 aliphatic heterocycles. The van der Waals surface area contributed by atoms with Crippen LogP contribution in [0.2, 0.25) is 0 Å². The first-order valence-corrected chi connectivity index (χ1v) is 8.05. The predicted octanol–water partition coefficient (Wildman–Crippen LogP) is 1.90. The normalized spacial score (nSPS) is 15.1. The summed E-state index contributed by atoms with van der Waals surface area (Å²) in [5.74, 6) is 0.406. The molecule has 7 nitrogen and oxygen atoms in total. The first kappa shape index (κ1) is 14.9. The molecule has 0 aliphatic carbocycles. The number of benzene rings is 1. The number of fused-ring (bicyclic) bond motifs is 3. The maximum Gasteiger partial charge on any atom is 0.360 e. The van der Waals surface area contributed by atoms with Crippen molar-refractivity contribution < 1.29 is 14.3 Å². The first-order chi connectivity index (χ1) is 11.8. The molecule has 0 spiro atoms. The summed E-state index contributed by atoms with van der Waals surface area (Å²) in [6.07, 6.45) is 1.63. The van der Waals surface area contributed by atoms with Gasteiger partial charge < -0.3 is 14.4 Å². The molecule has 4 rings (SSSR count). The van der Waals surface area contributed by atoms with E-state index in [9.17, 15) is 4.79 Å². The average Bonchev–Trinajstić information content (AvgIpc) is 3.06. The fraction of sp³-hybridized carbons (Fsp3) is 0.353. The third-order valence-electron chi connectivity index (χ3n) is 4.14. The Bertz CT molecular complexity index is 899. The van der Waals surface area contributed by atoms with Crippen molar-refractivity contribution in [2.24, 2.45) is 0 Å². The maximum absolute atomic E-state index is 12.2. The molecule has 1 aromatic carbocycles. The number of esters is 1. The molecule has 0 N–H and O–H groups in total. The molecule has 1 fully saturated rings. The molecule has 0 atom stereocenters. The molecule has 0 unspecified atom stereocenters. The molecule has 0 saturated carbocycles. The van der Waals surface area contributed by atoms with Crippen LogP contribution in [0.5, 0.6) is 0 Å². The van der Waals surface area contributed by atoms with Crippen molar-refractivity contribution >= 4 is 28.3 Å². The Morgan fingerprint density at radius 1 is 1.29 bits per heavy atom. The van der Waals surface area contributed by atoms with Gasteiger partial charge in [0.25, 0.3) is 0 Å². The number of carbonyl (C=O) groups is 1. The minimum atomic E-state index is -0.448. The van der Waals surface area contributed by atoms with Gasteiger partial charge in [-0.05, 0) is 19.1 Å². The number of ether oxygens (including phenoxy) is 2. The maximum atomic E-state index is 12.2. The van der Waals surface area contributed by atoms with Crippen LogP contribution < -0.4 is 4.90 Å². The third-order valence-corrected chi connectivity index (χ3v) is 4.14. The molecule has 0 bridgehead atoms. The minimum Gasteiger partial charge on any atom is -0.461 e. The molecule has 1 saturated heterocycles. The molecule has 124 valence electrons. The second-order valence-corrected chi connectivity index (χ2v) is 5.56. The average molecular weight is 326 g/mol. The Labute approximate surface area is 138 Å². The third kappa shape index (κ3) is 2.37. The van der Waals surface area contributed by atoms with E-state index >= 15 is 0 Å². The van der Waals surface area contributed by atoms with E-state index in [0.29, 0.717) is 25.5 Å². The monoisotopic (exact) mass is 326 g/mol. The van der Waals surface area contributed by atoms with Crippen LogP contribution in [-0.4, -0.2) is 53.2 Å². The van der Waals surface area contributed by atoms with Gasteiger partial charge in [-0.2, -0.15) is 0 Å². The lowest BCUT2D eigenvalue weighted by Crippen LogP contribution is -2.37. The highest BCUT2D eigenvalue weighted by atomic mass is 16.5. The summed E-state index contributed by atoms with van der Waals surface area (Å²) >= 11 is 0. The zero-order valence-electron chi connectivity index (χ0n) is 13.4. The van der Waals surface area contributed by atoms with Gasteiger partial charge in [-0.25, -0.2) is 14.8 Å². The smallest absolute Gasteiger partial charge is 0.360 e. The Balaban J connectivity index is 1.95. The quantitative estimate of drug-likeness (QED) is 0.685. The van der Waals surface area contributed by atoms with Gasteiger partial charge in [-0.15, -0.1) is 0 Å². The van der Waals surface area contributed by atoms with E-state index in [0.717, 1.165) is 29.8 Å². The Kier molecular flexibility index (Phi) is 3.78. The molecule has 24 heavy (non-hydrogen) atoms. The number of hydrogen-bond acceptors (Lipinski definition) is 6. The van der Waals surface area contributed by atoms with Crippen molar-refractivity contribution in [1.29, 1.82) is 0 Å². The highest BCUT2D eigenvalue weighted by molar-refractivity contribution is 5.98. The number of hydrogen-bond donors (Lipinski definition) is 0. The van der Waals surface area contributed by atoms with Gasteiger partial charge in [0.15, 0.2) is 11.3 Å². The summed E-state index contributed by atoms with van der Waals surface area (Å²) in [5, 5.41) is 1.03. The lowest BCUT2D eigenvalue weighted by molar-refractivity contribution is 0.0522. The van der Waals surface area contributed by atoms with Crippen LogP contribution in [0, 0.1) is 0 Å². The highest BCUT2D eigenvalue weighted by Gasteiger charge is 2.22. The van der Waals surface area contributed by atoms with E-state index < -0.39 is 5.97 Å². The van der Waals surface area contributed by atoms with Gasteiger partial charge in [0.1, 0.15) is 12.1 Å². The second-order valence-electron chi connectivity index (χ2n) is 5.56. The number of aromatic nitrogens is 3. The molecule has 2 aromatic heterocycles. The fourth-order valence-corrected chi connectivity index (χ4v) is 3.02. The first-order valence-electron chi connectivity index (χ1n) is 8.05. The van der Waals surface area contributed by atoms with Crippen LogP contribution in [0.25, 0.3) is 16.6 Å². The number of para-hydroxylation sites is 1. The van der Waals surface area contributed by atoms with Crippen molar-refractivity contribution in [2.45, 2.75) is 6.92 Å². The van der Waals surface area contributed by atoms with Gasteiger partial charge in [0, 0.05) is 18.5 Å². The summed E-state index contributed by atoms with van der Waals surface area (Å²) in [4.78, 5) is 23.4. The Morgan fingerprint density at radius 2 is 2.08 bits per heavy atom. The molecule has 1 aliphatic rings. The standard InChI is InChI=1S/C17H18N4O3/c1-2-24-17(22)14-16-19-15(20-7-9-23-10-8-20)12-5-3-4-6-13(12)21(16)11-18-14/h3-6,11H,2,7-10H2,1H3. The Hall–Kier alpha value is -2.67. The van der Waals surface area contributed by atoms with Crippen molar-refractivity contribution in [3.05, 3.63) is 36.3 Å². The van der Waals surface area contributed by atoms with E-state index in [2.05, 4.69) is 9.88 Å². The highest BCUT2D eigenvalue weighted by Crippen LogP contribution is 2.28. The van der Waals surface area contributed by atoms with Gasteiger partial charge >= 0.3 is 5.97 Å². The second kappa shape index (κ2) is 6.09. The molecular formula is C17H18N4O3. The van der Waals surface area contributed by atoms with E-state index in [1.165, 1.54) is 0 Å². The van der Waals surface area contributed by atoms with E-state index in [1.54, 1.807) is 13.3 Å². The topological polar surface area (TPSA) is 69.0 Å². The number of nitrogens with zero attached hydrogens (tertiary/aromatic N) is 4. The fourth-order valence-electron chi connectivity index (χ4n) is 3.02. The number of imidazole rings is 1. The van der Waals surface area contributed by atoms with Crippen LogP contribution in [0.1, 0.15) is 17.4 Å². The van der Waals surface area contributed by atoms with Gasteiger partial charge in [0.05, 0.1) is 25.3 Å². The summed E-state index contributed by atoms with van der Waals surface area (Å²) in [6.45, 7) is 4.97. The summed E-state index contributed by atoms with van der Waals surface area (Å²) in [5.41, 5.74) is 1.73. The van der Waals surface area contributed by atoms with Gasteiger partial charge in [-0.1, -0.05) is 12.1 Å². The van der Waals surface area contributed by atoms with Crippen LogP contribution >= 0.6 is 0 Å². The van der Waals surface area contributed by atoms with Crippen molar-refractivity contribution in [1.82, 2.24) is 14.4 Å². The number of anilines is 1. The van der Waals surface area contributed by atoms with Crippen molar-refractivity contribution in [3.63, 3.8) is 0 Å². The predicted molar refractivity (Wildman–Crippen MR) is 89.5 cm³/mol. The van der Waals surface area contributed by atoms with Crippen LogP contribution in [0.4, 0.5) is 5.82 Å². The van der Waals surface area contributed by atoms with Gasteiger partial charge in [0.2, 0.25) is 0 Å². The number of rotatable bonds is 3. The number of morpholine rings is 1. The minimum absolute atomic E-state index is 0.247. The molecule has 0 amide bonds. The van der Waals surface area contributed by atoms with Gasteiger partial charge in [-0.3, -0.25) is 4.40 Å². The van der Waals surface area contributed by atoms with Crippen LogP contribution in [0.15, 0.2) is 30.6 Å². The molecular weight excluding hydrogens is 308 g/mol. The zero-order chi connectivity index (χ0) is 16.5.